The number of benzene rings is 3. The van der Waals surface area contributed by atoms with Crippen LogP contribution in [0, 0.1) is 0 Å². The van der Waals surface area contributed by atoms with Crippen LogP contribution in [0.5, 0.6) is 11.5 Å². The molecule has 168 valence electrons. The summed E-state index contributed by atoms with van der Waals surface area (Å²) in [5.74, 6) is -0.00385. The Morgan fingerprint density at radius 1 is 1.00 bits per heavy atom. The summed E-state index contributed by atoms with van der Waals surface area (Å²) in [7, 11) is 2.74. The van der Waals surface area contributed by atoms with Crippen LogP contribution in [-0.4, -0.2) is 25.3 Å². The van der Waals surface area contributed by atoms with Crippen LogP contribution in [-0.2, 0) is 28.7 Å². The van der Waals surface area contributed by atoms with Crippen LogP contribution in [0.2, 0.25) is 0 Å². The van der Waals surface area contributed by atoms with Crippen LogP contribution < -0.4 is 10.1 Å². The fourth-order valence-corrected chi connectivity index (χ4v) is 3.31. The van der Waals surface area contributed by atoms with Gasteiger partial charge in [-0.25, -0.2) is 0 Å². The lowest BCUT2D eigenvalue weighted by molar-refractivity contribution is -0.140. The molecule has 0 saturated carbocycles. The molecule has 3 aromatic carbocycles. The predicted octanol–water partition coefficient (Wildman–Crippen LogP) is 5.41. The average molecular weight is 445 g/mol. The molecule has 0 heterocycles. The van der Waals surface area contributed by atoms with Gasteiger partial charge < -0.3 is 19.9 Å². The summed E-state index contributed by atoms with van der Waals surface area (Å²) in [6.45, 7) is 0.0151. The van der Waals surface area contributed by atoms with E-state index in [1.807, 2.05) is 0 Å². The number of methoxy groups -OCH3 is 2. The fraction of sp³-hybridized carbons (Fsp3) is 0.208. The third kappa shape index (κ3) is 5.32. The highest BCUT2D eigenvalue weighted by Crippen LogP contribution is 2.38. The van der Waals surface area contributed by atoms with Crippen molar-refractivity contribution in [3.05, 3.63) is 77.4 Å². The first-order valence-corrected chi connectivity index (χ1v) is 9.69. The molecule has 3 aromatic rings. The molecule has 0 bridgehead atoms. The van der Waals surface area contributed by atoms with Crippen molar-refractivity contribution >= 4 is 11.7 Å². The third-order valence-corrected chi connectivity index (χ3v) is 4.94. The minimum absolute atomic E-state index is 0.0135. The van der Waals surface area contributed by atoms with Gasteiger partial charge in [0.15, 0.2) is 0 Å². The average Bonchev–Trinajstić information content (AvgIpc) is 2.77. The number of ether oxygens (including phenoxy) is 2. The smallest absolute Gasteiger partial charge is 0.416 e. The summed E-state index contributed by atoms with van der Waals surface area (Å²) in [6.07, 6.45) is -4.50. The van der Waals surface area contributed by atoms with Crippen molar-refractivity contribution in [3.8, 4) is 22.6 Å². The highest BCUT2D eigenvalue weighted by molar-refractivity contribution is 5.78. The number of hydrogen-bond acceptors (Lipinski definition) is 5. The number of phenolic OH excluding ortho intramolecular Hbond substituents is 1. The zero-order chi connectivity index (χ0) is 23.3. The molecular weight excluding hydrogens is 423 g/mol. The Labute approximate surface area is 183 Å². The van der Waals surface area contributed by atoms with Gasteiger partial charge in [0.05, 0.1) is 31.9 Å². The van der Waals surface area contributed by atoms with E-state index in [0.717, 1.165) is 12.1 Å². The number of aromatic hydroxyl groups is 1. The Balaban J connectivity index is 2.07. The Morgan fingerprint density at radius 3 is 2.41 bits per heavy atom. The standard InChI is InChI=1S/C24H22F3NO4/c1-31-22-10-7-15(12-23(30)32-2)11-19(22)18-9-8-17(24(25,26)27)13-16(18)14-28-20-5-3-4-6-21(20)29/h3-11,13,28-29H,12,14H2,1-2H3. The normalized spacial score (nSPS) is 11.2. The summed E-state index contributed by atoms with van der Waals surface area (Å²) in [6, 6.07) is 15.0. The number of alkyl halides is 3. The Bertz CT molecular complexity index is 1110. The topological polar surface area (TPSA) is 67.8 Å². The van der Waals surface area contributed by atoms with Gasteiger partial charge in [0.1, 0.15) is 11.5 Å². The van der Waals surface area contributed by atoms with E-state index >= 15 is 0 Å². The molecule has 0 spiro atoms. The van der Waals surface area contributed by atoms with Crippen molar-refractivity contribution in [1.82, 2.24) is 0 Å². The van der Waals surface area contributed by atoms with E-state index in [1.54, 1.807) is 36.4 Å². The Kier molecular flexibility index (Phi) is 6.92. The molecule has 0 aromatic heterocycles. The fourth-order valence-electron chi connectivity index (χ4n) is 3.31. The van der Waals surface area contributed by atoms with Crippen molar-refractivity contribution < 1.29 is 32.5 Å². The van der Waals surface area contributed by atoms with Gasteiger partial charge in [-0.2, -0.15) is 13.2 Å². The monoisotopic (exact) mass is 445 g/mol. The van der Waals surface area contributed by atoms with Crippen molar-refractivity contribution in [2.75, 3.05) is 19.5 Å². The molecule has 0 atom stereocenters. The second-order valence-corrected chi connectivity index (χ2v) is 7.03. The number of phenols is 1. The number of para-hydroxylation sites is 2. The third-order valence-electron chi connectivity index (χ3n) is 4.94. The number of nitrogens with one attached hydrogen (secondary N) is 1. The summed E-state index contributed by atoms with van der Waals surface area (Å²) in [5.41, 5.74) is 1.62. The SMILES string of the molecule is COC(=O)Cc1ccc(OC)c(-c2ccc(C(F)(F)F)cc2CNc2ccccc2O)c1. The van der Waals surface area contributed by atoms with E-state index < -0.39 is 17.7 Å². The summed E-state index contributed by atoms with van der Waals surface area (Å²) in [4.78, 5) is 11.7. The Morgan fingerprint density at radius 2 is 1.75 bits per heavy atom. The molecule has 0 radical (unpaired) electrons. The van der Waals surface area contributed by atoms with Gasteiger partial charge in [-0.15, -0.1) is 0 Å². The minimum Gasteiger partial charge on any atom is -0.506 e. The predicted molar refractivity (Wildman–Crippen MR) is 115 cm³/mol. The lowest BCUT2D eigenvalue weighted by atomic mass is 9.94. The number of carbonyl (C=O) groups is 1. The van der Waals surface area contributed by atoms with E-state index in [2.05, 4.69) is 5.32 Å². The molecule has 5 nitrogen and oxygen atoms in total. The molecule has 0 unspecified atom stereocenters. The van der Waals surface area contributed by atoms with Crippen LogP contribution >= 0.6 is 0 Å². The van der Waals surface area contributed by atoms with Gasteiger partial charge >= 0.3 is 12.1 Å². The first-order valence-electron chi connectivity index (χ1n) is 9.69. The van der Waals surface area contributed by atoms with Crippen molar-refractivity contribution in [1.29, 1.82) is 0 Å². The lowest BCUT2D eigenvalue weighted by Gasteiger charge is -2.18. The number of carbonyl (C=O) groups excluding carboxylic acids is 1. The molecule has 0 aliphatic rings. The Hall–Kier alpha value is -3.68. The number of rotatable bonds is 7. The van der Waals surface area contributed by atoms with Crippen LogP contribution in [0.4, 0.5) is 18.9 Å². The van der Waals surface area contributed by atoms with Crippen LogP contribution in [0.15, 0.2) is 60.7 Å². The van der Waals surface area contributed by atoms with Gasteiger partial charge in [0.2, 0.25) is 0 Å². The zero-order valence-corrected chi connectivity index (χ0v) is 17.5. The van der Waals surface area contributed by atoms with Crippen LogP contribution in [0.25, 0.3) is 11.1 Å². The van der Waals surface area contributed by atoms with Crippen molar-refractivity contribution in [2.45, 2.75) is 19.1 Å². The van der Waals surface area contributed by atoms with Crippen LogP contribution in [0.3, 0.4) is 0 Å². The lowest BCUT2D eigenvalue weighted by Crippen LogP contribution is -2.09. The van der Waals surface area contributed by atoms with Gasteiger partial charge in [0, 0.05) is 12.1 Å². The quantitative estimate of drug-likeness (QED) is 0.376. The first-order chi connectivity index (χ1) is 15.2. The number of hydrogen-bond donors (Lipinski definition) is 2. The highest BCUT2D eigenvalue weighted by Gasteiger charge is 2.31. The molecule has 3 rings (SSSR count). The molecular formula is C24H22F3NO4. The number of halogens is 3. The summed E-state index contributed by atoms with van der Waals surface area (Å²) in [5, 5.41) is 13.0. The molecule has 0 aliphatic heterocycles. The van der Waals surface area contributed by atoms with Gasteiger partial charge in [-0.05, 0) is 53.1 Å². The maximum Gasteiger partial charge on any atom is 0.416 e. The summed E-state index contributed by atoms with van der Waals surface area (Å²) >= 11 is 0. The van der Waals surface area contributed by atoms with E-state index in [4.69, 9.17) is 9.47 Å². The van der Waals surface area contributed by atoms with E-state index in [-0.39, 0.29) is 18.7 Å². The van der Waals surface area contributed by atoms with Gasteiger partial charge in [-0.1, -0.05) is 24.3 Å². The summed E-state index contributed by atoms with van der Waals surface area (Å²) < 4.78 is 50.3. The molecule has 2 N–H and O–H groups in total. The van der Waals surface area contributed by atoms with E-state index in [1.165, 1.54) is 26.4 Å². The molecule has 0 aliphatic carbocycles. The van der Waals surface area contributed by atoms with Crippen LogP contribution in [0.1, 0.15) is 16.7 Å². The van der Waals surface area contributed by atoms with E-state index in [9.17, 15) is 23.1 Å². The number of anilines is 1. The molecule has 32 heavy (non-hydrogen) atoms. The minimum atomic E-state index is -4.51. The number of esters is 1. The highest BCUT2D eigenvalue weighted by atomic mass is 19.4. The largest absolute Gasteiger partial charge is 0.506 e. The first kappa shape index (κ1) is 23.0. The zero-order valence-electron chi connectivity index (χ0n) is 17.5. The van der Waals surface area contributed by atoms with Gasteiger partial charge in [0.25, 0.3) is 0 Å². The van der Waals surface area contributed by atoms with Crippen molar-refractivity contribution in [2.24, 2.45) is 0 Å². The van der Waals surface area contributed by atoms with Crippen molar-refractivity contribution in [3.63, 3.8) is 0 Å². The molecule has 0 saturated heterocycles. The molecule has 0 fully saturated rings. The second-order valence-electron chi connectivity index (χ2n) is 7.03. The van der Waals surface area contributed by atoms with E-state index in [0.29, 0.717) is 33.7 Å². The molecule has 8 heteroatoms. The maximum absolute atomic E-state index is 13.4. The maximum atomic E-state index is 13.4. The second kappa shape index (κ2) is 9.64. The van der Waals surface area contributed by atoms with Gasteiger partial charge in [-0.3, -0.25) is 4.79 Å². The molecule has 0 amide bonds.